The molecule has 2 aromatic rings. The first-order chi connectivity index (χ1) is 15.9. The monoisotopic (exact) mass is 453 g/mol. The van der Waals surface area contributed by atoms with E-state index >= 15 is 8.78 Å². The van der Waals surface area contributed by atoms with Gasteiger partial charge >= 0.3 is 6.09 Å². The average Bonchev–Trinajstić information content (AvgIpc) is 3.10. The van der Waals surface area contributed by atoms with Crippen LogP contribution in [-0.4, -0.2) is 49.3 Å². The molecular weight excluding hydrogens is 432 g/mol. The van der Waals surface area contributed by atoms with E-state index in [-0.39, 0.29) is 47.6 Å². The molecule has 170 valence electrons. The van der Waals surface area contributed by atoms with Gasteiger partial charge in [-0.2, -0.15) is 5.26 Å². The maximum atomic E-state index is 15.3. The second-order valence-electron chi connectivity index (χ2n) is 8.61. The molecule has 10 heteroatoms. The number of benzene rings is 1. The Morgan fingerprint density at radius 1 is 1.36 bits per heavy atom. The molecule has 1 saturated carbocycles. The fourth-order valence-corrected chi connectivity index (χ4v) is 5.19. The number of aromatic nitrogens is 1. The molecule has 3 heterocycles. The van der Waals surface area contributed by atoms with E-state index in [9.17, 15) is 14.9 Å². The molecule has 2 amide bonds. The Labute approximate surface area is 188 Å². The molecule has 2 saturated heterocycles. The van der Waals surface area contributed by atoms with Gasteiger partial charge < -0.3 is 15.4 Å². The van der Waals surface area contributed by atoms with Gasteiger partial charge in [0, 0.05) is 49.8 Å². The number of nitriles is 1. The number of hydrogen-bond donors (Lipinski definition) is 2. The summed E-state index contributed by atoms with van der Waals surface area (Å²) in [4.78, 5) is 28.5. The highest BCUT2D eigenvalue weighted by Gasteiger charge is 2.68. The number of pyridine rings is 1. The Bertz CT molecular complexity index is 1160. The Balaban J connectivity index is 1.48. The lowest BCUT2D eigenvalue weighted by molar-refractivity contribution is -0.119. The molecule has 0 spiro atoms. The van der Waals surface area contributed by atoms with Crippen LogP contribution in [0.25, 0.3) is 11.1 Å². The highest BCUT2D eigenvalue weighted by Crippen LogP contribution is 2.62. The number of fused-ring (bicyclic) bond motifs is 1. The van der Waals surface area contributed by atoms with Crippen LogP contribution in [-0.2, 0) is 14.9 Å². The molecule has 3 atom stereocenters. The van der Waals surface area contributed by atoms with Crippen LogP contribution in [0.4, 0.5) is 19.3 Å². The van der Waals surface area contributed by atoms with E-state index in [2.05, 4.69) is 21.7 Å². The third-order valence-corrected chi connectivity index (χ3v) is 6.79. The number of piperidine rings is 1. The Kier molecular flexibility index (Phi) is 5.01. The second-order valence-corrected chi connectivity index (χ2v) is 8.61. The van der Waals surface area contributed by atoms with Gasteiger partial charge in [0.25, 0.3) is 0 Å². The summed E-state index contributed by atoms with van der Waals surface area (Å²) in [5.41, 5.74) is -0.258. The number of halogens is 2. The smallest absolute Gasteiger partial charge is 0.414 e. The molecular formula is C23H21F2N5O3. The van der Waals surface area contributed by atoms with Crippen LogP contribution >= 0.6 is 0 Å². The van der Waals surface area contributed by atoms with Crippen molar-refractivity contribution in [2.45, 2.75) is 18.4 Å². The van der Waals surface area contributed by atoms with E-state index in [1.807, 2.05) is 0 Å². The minimum Gasteiger partial charge on any atom is -0.442 e. The first-order valence-electron chi connectivity index (χ1n) is 10.6. The lowest BCUT2D eigenvalue weighted by Gasteiger charge is -2.20. The van der Waals surface area contributed by atoms with Gasteiger partial charge in [0.05, 0.1) is 35.8 Å². The number of ether oxygens (including phenoxy) is 1. The van der Waals surface area contributed by atoms with Crippen molar-refractivity contribution in [3.05, 3.63) is 47.8 Å². The number of rotatable bonds is 5. The minimum absolute atomic E-state index is 0.0111. The molecule has 0 radical (unpaired) electrons. The maximum Gasteiger partial charge on any atom is 0.414 e. The summed E-state index contributed by atoms with van der Waals surface area (Å²) < 4.78 is 35.8. The molecule has 2 N–H and O–H groups in total. The lowest BCUT2D eigenvalue weighted by atomic mass is 9.86. The number of carbonyl (C=O) groups excluding carboxylic acids is 2. The number of anilines is 1. The highest BCUT2D eigenvalue weighted by atomic mass is 19.1. The summed E-state index contributed by atoms with van der Waals surface area (Å²) in [5.74, 6) is -1.82. The van der Waals surface area contributed by atoms with Crippen molar-refractivity contribution in [2.24, 2.45) is 11.8 Å². The summed E-state index contributed by atoms with van der Waals surface area (Å²) in [7, 11) is 0. The summed E-state index contributed by atoms with van der Waals surface area (Å²) in [6, 6.07) is 6.21. The third kappa shape index (κ3) is 3.31. The zero-order chi connectivity index (χ0) is 23.3. The molecule has 2 unspecified atom stereocenters. The Morgan fingerprint density at radius 2 is 2.06 bits per heavy atom. The molecule has 1 aliphatic carbocycles. The first-order valence-corrected chi connectivity index (χ1v) is 10.6. The second kappa shape index (κ2) is 7.78. The molecule has 33 heavy (non-hydrogen) atoms. The first kappa shape index (κ1) is 21.3. The predicted molar refractivity (Wildman–Crippen MR) is 113 cm³/mol. The van der Waals surface area contributed by atoms with E-state index in [0.29, 0.717) is 18.7 Å². The van der Waals surface area contributed by atoms with Crippen molar-refractivity contribution in [1.82, 2.24) is 15.6 Å². The van der Waals surface area contributed by atoms with Crippen LogP contribution in [0.3, 0.4) is 0 Å². The van der Waals surface area contributed by atoms with Crippen molar-refractivity contribution in [3.63, 3.8) is 0 Å². The summed E-state index contributed by atoms with van der Waals surface area (Å²) in [5, 5.41) is 15.8. The maximum absolute atomic E-state index is 15.3. The summed E-state index contributed by atoms with van der Waals surface area (Å²) in [6.07, 6.45) is 1.53. The fraction of sp³-hybridized carbons (Fsp3) is 0.391. The fourth-order valence-electron chi connectivity index (χ4n) is 5.19. The molecule has 8 nitrogen and oxygen atoms in total. The summed E-state index contributed by atoms with van der Waals surface area (Å²) >= 11 is 0. The van der Waals surface area contributed by atoms with Crippen LogP contribution in [0.15, 0.2) is 30.6 Å². The van der Waals surface area contributed by atoms with Crippen LogP contribution < -0.4 is 15.5 Å². The van der Waals surface area contributed by atoms with Gasteiger partial charge in [-0.15, -0.1) is 0 Å². The number of cyclic esters (lactones) is 1. The number of amides is 2. The Morgan fingerprint density at radius 3 is 2.70 bits per heavy atom. The number of nitrogens with one attached hydrogen (secondary N) is 2. The van der Waals surface area contributed by atoms with Gasteiger partial charge in [0.1, 0.15) is 17.7 Å². The minimum atomic E-state index is -0.866. The average molecular weight is 453 g/mol. The van der Waals surface area contributed by atoms with Gasteiger partial charge in [-0.1, -0.05) is 0 Å². The zero-order valence-electron chi connectivity index (χ0n) is 17.8. The van der Waals surface area contributed by atoms with Gasteiger partial charge in [0.15, 0.2) is 0 Å². The van der Waals surface area contributed by atoms with Crippen molar-refractivity contribution >= 4 is 17.7 Å². The van der Waals surface area contributed by atoms with Crippen LogP contribution in [0.1, 0.15) is 12.5 Å². The van der Waals surface area contributed by atoms with Crippen molar-refractivity contribution in [3.8, 4) is 17.2 Å². The lowest BCUT2D eigenvalue weighted by Crippen LogP contribution is -2.33. The molecule has 1 aromatic heterocycles. The van der Waals surface area contributed by atoms with Crippen LogP contribution in [0.5, 0.6) is 0 Å². The van der Waals surface area contributed by atoms with Gasteiger partial charge in [-0.3, -0.25) is 14.7 Å². The predicted octanol–water partition coefficient (Wildman–Crippen LogP) is 2.10. The molecule has 5 rings (SSSR count). The SMILES string of the molecule is CC(=O)NC[C@H]1CN(c2cc(F)c(-c3cnccc3C3(C#N)C4CNCC43)c(F)c2)C(=O)O1. The largest absolute Gasteiger partial charge is 0.442 e. The van der Waals surface area contributed by atoms with E-state index in [4.69, 9.17) is 4.74 Å². The number of hydrogen-bond acceptors (Lipinski definition) is 6. The number of nitrogens with zero attached hydrogens (tertiary/aromatic N) is 3. The van der Waals surface area contributed by atoms with Crippen molar-refractivity contribution in [1.29, 1.82) is 5.26 Å². The van der Waals surface area contributed by atoms with Gasteiger partial charge in [-0.05, 0) is 23.8 Å². The van der Waals surface area contributed by atoms with E-state index in [1.165, 1.54) is 19.3 Å². The molecule has 3 aliphatic rings. The van der Waals surface area contributed by atoms with Gasteiger partial charge in [0.2, 0.25) is 5.91 Å². The standard InChI is InChI=1S/C23H21F2N5O3/c1-12(31)29-6-14-10-30(22(32)33-14)13-4-19(24)21(20(25)5-13)15-7-27-3-2-16(15)23(11-26)17-8-28-9-18(17)23/h2-5,7,14,17-18,28H,6,8-10H2,1H3,(H,29,31)/t14-,17?,18?,23?/m0/s1. The topological polar surface area (TPSA) is 107 Å². The molecule has 2 aliphatic heterocycles. The zero-order valence-corrected chi connectivity index (χ0v) is 17.8. The van der Waals surface area contributed by atoms with Gasteiger partial charge in [-0.25, -0.2) is 13.6 Å². The van der Waals surface area contributed by atoms with E-state index in [0.717, 1.165) is 17.0 Å². The number of carbonyl (C=O) groups is 2. The normalized spacial score (nSPS) is 27.6. The summed E-state index contributed by atoms with van der Waals surface area (Å²) in [6.45, 7) is 2.85. The van der Waals surface area contributed by atoms with Crippen molar-refractivity contribution in [2.75, 3.05) is 31.1 Å². The Hall–Kier alpha value is -3.58. The van der Waals surface area contributed by atoms with Crippen molar-refractivity contribution < 1.29 is 23.1 Å². The third-order valence-electron chi connectivity index (χ3n) is 6.79. The van der Waals surface area contributed by atoms with Crippen LogP contribution in [0, 0.1) is 34.8 Å². The van der Waals surface area contributed by atoms with E-state index in [1.54, 1.807) is 6.07 Å². The molecule has 0 bridgehead atoms. The molecule has 1 aromatic carbocycles. The quantitative estimate of drug-likeness (QED) is 0.718. The van der Waals surface area contributed by atoms with E-state index < -0.39 is 29.2 Å². The highest BCUT2D eigenvalue weighted by molar-refractivity contribution is 5.90. The molecule has 3 fully saturated rings. The van der Waals surface area contributed by atoms with Crippen LogP contribution in [0.2, 0.25) is 0 Å².